The number of carbonyl (C=O) groups excluding carboxylic acids is 1. The second kappa shape index (κ2) is 6.90. The molecule has 128 valence electrons. The van der Waals surface area contributed by atoms with Crippen LogP contribution in [0.15, 0.2) is 48.0 Å². The van der Waals surface area contributed by atoms with E-state index >= 15 is 0 Å². The molecule has 1 aromatic carbocycles. The van der Waals surface area contributed by atoms with Crippen molar-refractivity contribution >= 4 is 34.5 Å². The zero-order chi connectivity index (χ0) is 17.2. The number of benzene rings is 1. The molecule has 25 heavy (non-hydrogen) atoms. The van der Waals surface area contributed by atoms with Gasteiger partial charge in [-0.1, -0.05) is 29.8 Å². The third kappa shape index (κ3) is 3.15. The highest BCUT2D eigenvalue weighted by Gasteiger charge is 2.26. The van der Waals surface area contributed by atoms with Gasteiger partial charge in [-0.2, -0.15) is 5.10 Å². The predicted molar refractivity (Wildman–Crippen MR) is 101 cm³/mol. The van der Waals surface area contributed by atoms with Crippen LogP contribution in [0.5, 0.6) is 0 Å². The minimum Gasteiger partial charge on any atom is -0.367 e. The van der Waals surface area contributed by atoms with Crippen LogP contribution in [0.4, 0.5) is 5.69 Å². The van der Waals surface area contributed by atoms with Gasteiger partial charge in [0.1, 0.15) is 0 Å². The number of hydrogen-bond donors (Lipinski definition) is 1. The number of para-hydroxylation sites is 1. The van der Waals surface area contributed by atoms with Crippen molar-refractivity contribution in [3.8, 4) is 10.6 Å². The third-order valence-electron chi connectivity index (χ3n) is 4.40. The van der Waals surface area contributed by atoms with Crippen LogP contribution in [-0.4, -0.2) is 47.2 Å². The summed E-state index contributed by atoms with van der Waals surface area (Å²) in [5.41, 5.74) is 2.46. The lowest BCUT2D eigenvalue weighted by atomic mass is 10.1. The molecule has 0 spiro atoms. The molecule has 0 saturated carbocycles. The summed E-state index contributed by atoms with van der Waals surface area (Å²) in [4.78, 5) is 18.0. The molecular weight excluding hydrogens is 356 g/mol. The van der Waals surface area contributed by atoms with E-state index in [2.05, 4.69) is 15.1 Å². The Labute approximate surface area is 154 Å². The zero-order valence-corrected chi connectivity index (χ0v) is 15.1. The molecule has 0 bridgehead atoms. The van der Waals surface area contributed by atoms with Crippen molar-refractivity contribution in [2.45, 2.75) is 0 Å². The van der Waals surface area contributed by atoms with Gasteiger partial charge in [0.05, 0.1) is 33.0 Å². The average Bonchev–Trinajstić information content (AvgIpc) is 3.33. The van der Waals surface area contributed by atoms with Gasteiger partial charge in [-0.25, -0.2) is 0 Å². The molecule has 4 rings (SSSR count). The van der Waals surface area contributed by atoms with Gasteiger partial charge < -0.3 is 9.80 Å². The Bertz CT molecular complexity index is 869. The van der Waals surface area contributed by atoms with Crippen LogP contribution in [0.3, 0.4) is 0 Å². The quantitative estimate of drug-likeness (QED) is 0.761. The number of hydrogen-bond acceptors (Lipinski definition) is 4. The first kappa shape index (κ1) is 16.2. The zero-order valence-electron chi connectivity index (χ0n) is 13.5. The van der Waals surface area contributed by atoms with E-state index < -0.39 is 0 Å². The monoisotopic (exact) mass is 372 g/mol. The first-order chi connectivity index (χ1) is 12.2. The van der Waals surface area contributed by atoms with Gasteiger partial charge >= 0.3 is 0 Å². The normalized spacial score (nSPS) is 14.8. The molecule has 3 aromatic rings. The fraction of sp³-hybridized carbons (Fsp3) is 0.222. The fourth-order valence-electron chi connectivity index (χ4n) is 3.09. The number of nitrogens with zero attached hydrogens (tertiary/aromatic N) is 3. The van der Waals surface area contributed by atoms with Crippen molar-refractivity contribution < 1.29 is 4.79 Å². The number of amides is 1. The van der Waals surface area contributed by atoms with E-state index in [0.717, 1.165) is 34.4 Å². The summed E-state index contributed by atoms with van der Waals surface area (Å²) >= 11 is 7.88. The van der Waals surface area contributed by atoms with Crippen LogP contribution in [0.1, 0.15) is 10.4 Å². The molecule has 2 aromatic heterocycles. The standard InChI is InChI=1S/C18H17ClN4OS/c19-14-4-1-2-5-15(14)22-7-9-23(10-8-22)18(24)13-12-20-21-17(13)16-6-3-11-25-16/h1-6,11-12H,7-10H2,(H,20,21). The summed E-state index contributed by atoms with van der Waals surface area (Å²) in [5.74, 6) is 0.0240. The lowest BCUT2D eigenvalue weighted by Crippen LogP contribution is -2.48. The minimum atomic E-state index is 0.0240. The van der Waals surface area contributed by atoms with Crippen molar-refractivity contribution in [1.29, 1.82) is 0 Å². The number of thiophene rings is 1. The SMILES string of the molecule is O=C(c1cn[nH]c1-c1cccs1)N1CCN(c2ccccc2Cl)CC1. The molecule has 1 N–H and O–H groups in total. The van der Waals surface area contributed by atoms with Gasteiger partial charge in [-0.3, -0.25) is 9.89 Å². The molecule has 5 nitrogen and oxygen atoms in total. The van der Waals surface area contributed by atoms with E-state index in [4.69, 9.17) is 11.6 Å². The van der Waals surface area contributed by atoms with Gasteiger partial charge in [-0.05, 0) is 23.6 Å². The van der Waals surface area contributed by atoms with Crippen LogP contribution >= 0.6 is 22.9 Å². The lowest BCUT2D eigenvalue weighted by Gasteiger charge is -2.36. The maximum atomic E-state index is 12.9. The number of rotatable bonds is 3. The number of halogens is 1. The topological polar surface area (TPSA) is 52.2 Å². The predicted octanol–water partition coefficient (Wildman–Crippen LogP) is 3.75. The van der Waals surface area contributed by atoms with Crippen LogP contribution in [0.25, 0.3) is 10.6 Å². The first-order valence-electron chi connectivity index (χ1n) is 8.10. The van der Waals surface area contributed by atoms with Gasteiger partial charge in [0, 0.05) is 26.2 Å². The largest absolute Gasteiger partial charge is 0.367 e. The Kier molecular flexibility index (Phi) is 4.46. The Morgan fingerprint density at radius 3 is 2.64 bits per heavy atom. The van der Waals surface area contributed by atoms with Crippen molar-refractivity contribution in [3.05, 3.63) is 58.6 Å². The Hall–Kier alpha value is -2.31. The maximum Gasteiger partial charge on any atom is 0.257 e. The van der Waals surface area contributed by atoms with Gasteiger partial charge in [0.15, 0.2) is 0 Å². The summed E-state index contributed by atoms with van der Waals surface area (Å²) in [6.07, 6.45) is 1.62. The summed E-state index contributed by atoms with van der Waals surface area (Å²) < 4.78 is 0. The Balaban J connectivity index is 1.48. The molecule has 1 amide bonds. The second-order valence-electron chi connectivity index (χ2n) is 5.87. The lowest BCUT2D eigenvalue weighted by molar-refractivity contribution is 0.0747. The number of aromatic amines is 1. The van der Waals surface area contributed by atoms with Crippen molar-refractivity contribution in [3.63, 3.8) is 0 Å². The minimum absolute atomic E-state index is 0.0240. The van der Waals surface area contributed by atoms with Crippen LogP contribution in [0.2, 0.25) is 5.02 Å². The number of piperazine rings is 1. The van der Waals surface area contributed by atoms with E-state index in [1.165, 1.54) is 0 Å². The number of H-pyrrole nitrogens is 1. The summed E-state index contributed by atoms with van der Waals surface area (Å²) in [6.45, 7) is 2.86. The van der Waals surface area contributed by atoms with Gasteiger partial charge in [-0.15, -0.1) is 11.3 Å². The molecule has 3 heterocycles. The summed E-state index contributed by atoms with van der Waals surface area (Å²) in [6, 6.07) is 11.8. The Morgan fingerprint density at radius 2 is 1.92 bits per heavy atom. The molecule has 7 heteroatoms. The van der Waals surface area contributed by atoms with Crippen molar-refractivity contribution in [2.24, 2.45) is 0 Å². The number of aromatic nitrogens is 2. The van der Waals surface area contributed by atoms with Crippen LogP contribution < -0.4 is 4.90 Å². The van der Waals surface area contributed by atoms with Gasteiger partial charge in [0.25, 0.3) is 5.91 Å². The first-order valence-corrected chi connectivity index (χ1v) is 9.36. The van der Waals surface area contributed by atoms with E-state index in [1.807, 2.05) is 46.7 Å². The fourth-order valence-corrected chi connectivity index (χ4v) is 4.08. The number of nitrogens with one attached hydrogen (secondary N) is 1. The molecule has 1 saturated heterocycles. The third-order valence-corrected chi connectivity index (χ3v) is 5.60. The van der Waals surface area contributed by atoms with Crippen molar-refractivity contribution in [1.82, 2.24) is 15.1 Å². The summed E-state index contributed by atoms with van der Waals surface area (Å²) in [7, 11) is 0. The number of anilines is 1. The smallest absolute Gasteiger partial charge is 0.257 e. The Morgan fingerprint density at radius 1 is 1.12 bits per heavy atom. The van der Waals surface area contributed by atoms with Gasteiger partial charge in [0.2, 0.25) is 0 Å². The second-order valence-corrected chi connectivity index (χ2v) is 7.22. The van der Waals surface area contributed by atoms with Crippen LogP contribution in [0, 0.1) is 0 Å². The molecule has 1 aliphatic heterocycles. The number of carbonyl (C=O) groups is 1. The highest BCUT2D eigenvalue weighted by atomic mass is 35.5. The highest BCUT2D eigenvalue weighted by molar-refractivity contribution is 7.13. The van der Waals surface area contributed by atoms with E-state index in [1.54, 1.807) is 17.5 Å². The summed E-state index contributed by atoms with van der Waals surface area (Å²) in [5, 5.41) is 9.77. The highest BCUT2D eigenvalue weighted by Crippen LogP contribution is 2.28. The molecule has 0 unspecified atom stereocenters. The molecule has 0 aliphatic carbocycles. The average molecular weight is 373 g/mol. The van der Waals surface area contributed by atoms with E-state index in [0.29, 0.717) is 18.7 Å². The molecule has 0 radical (unpaired) electrons. The molecule has 1 aliphatic rings. The van der Waals surface area contributed by atoms with Crippen LogP contribution in [-0.2, 0) is 0 Å². The van der Waals surface area contributed by atoms with E-state index in [-0.39, 0.29) is 5.91 Å². The van der Waals surface area contributed by atoms with E-state index in [9.17, 15) is 4.79 Å². The molecule has 0 atom stereocenters. The molecular formula is C18H17ClN4OS. The molecule has 1 fully saturated rings. The van der Waals surface area contributed by atoms with Crippen molar-refractivity contribution in [2.75, 3.05) is 31.1 Å². The maximum absolute atomic E-state index is 12.9.